The van der Waals surface area contributed by atoms with Gasteiger partial charge in [0.15, 0.2) is 11.5 Å². The number of ether oxygens (including phenoxy) is 1. The molecule has 26 heavy (non-hydrogen) atoms. The molecule has 1 heterocycles. The molecule has 0 saturated carbocycles. The molecule has 1 saturated heterocycles. The van der Waals surface area contributed by atoms with Crippen molar-refractivity contribution in [1.29, 1.82) is 0 Å². The monoisotopic (exact) mass is 356 g/mol. The van der Waals surface area contributed by atoms with Crippen LogP contribution in [0.2, 0.25) is 0 Å². The van der Waals surface area contributed by atoms with Crippen molar-refractivity contribution in [3.8, 4) is 11.5 Å². The van der Waals surface area contributed by atoms with E-state index >= 15 is 0 Å². The van der Waals surface area contributed by atoms with Gasteiger partial charge in [-0.2, -0.15) is 0 Å². The Labute approximate surface area is 149 Å². The van der Waals surface area contributed by atoms with E-state index in [2.05, 4.69) is 5.32 Å². The van der Waals surface area contributed by atoms with Crippen molar-refractivity contribution in [3.05, 3.63) is 65.1 Å². The number of hydrogen-bond donors (Lipinski definition) is 2. The summed E-state index contributed by atoms with van der Waals surface area (Å²) in [4.78, 5) is 25.5. The van der Waals surface area contributed by atoms with Gasteiger partial charge in [-0.3, -0.25) is 9.69 Å². The summed E-state index contributed by atoms with van der Waals surface area (Å²) in [6.45, 7) is 1.98. The van der Waals surface area contributed by atoms with Crippen LogP contribution >= 0.6 is 0 Å². The summed E-state index contributed by atoms with van der Waals surface area (Å²) in [6, 6.07) is 10.1. The van der Waals surface area contributed by atoms with Crippen LogP contribution in [0.25, 0.3) is 6.08 Å². The number of nitrogens with zero attached hydrogens (tertiary/aromatic N) is 1. The van der Waals surface area contributed by atoms with E-state index in [0.717, 1.165) is 4.90 Å². The molecule has 0 aromatic heterocycles. The molecule has 2 aromatic rings. The number of phenolic OH excluding ortho intramolecular Hbond substituents is 1. The number of imide groups is 1. The van der Waals surface area contributed by atoms with Gasteiger partial charge in [-0.15, -0.1) is 0 Å². The minimum absolute atomic E-state index is 0.00436. The SMILES string of the molecule is CCOc1cccc(/C=C2/NC(=O)N(Cc3ccccc3F)C2=O)c1O. The number of nitrogens with one attached hydrogen (secondary N) is 1. The van der Waals surface area contributed by atoms with Crippen LogP contribution in [0, 0.1) is 5.82 Å². The number of phenols is 1. The van der Waals surface area contributed by atoms with E-state index < -0.39 is 17.8 Å². The van der Waals surface area contributed by atoms with Gasteiger partial charge in [0.1, 0.15) is 11.5 Å². The van der Waals surface area contributed by atoms with Crippen LogP contribution in [0.5, 0.6) is 11.5 Å². The second-order valence-electron chi connectivity index (χ2n) is 5.60. The standard InChI is InChI=1S/C19H17FN2O4/c1-2-26-16-9-5-7-12(17(16)23)10-15-18(24)22(19(25)21-15)11-13-6-3-4-8-14(13)20/h3-10,23H,2,11H2,1H3,(H,21,25)/b15-10+. The molecular weight excluding hydrogens is 339 g/mol. The predicted octanol–water partition coefficient (Wildman–Crippen LogP) is 3.02. The first-order valence-corrected chi connectivity index (χ1v) is 8.04. The number of urea groups is 1. The van der Waals surface area contributed by atoms with Crippen LogP contribution in [0.1, 0.15) is 18.1 Å². The highest BCUT2D eigenvalue weighted by Crippen LogP contribution is 2.31. The Hall–Kier alpha value is -3.35. The van der Waals surface area contributed by atoms with Gasteiger partial charge in [-0.1, -0.05) is 30.3 Å². The van der Waals surface area contributed by atoms with Gasteiger partial charge in [0.05, 0.1) is 13.2 Å². The quantitative estimate of drug-likeness (QED) is 0.638. The van der Waals surface area contributed by atoms with Gasteiger partial charge >= 0.3 is 6.03 Å². The zero-order valence-electron chi connectivity index (χ0n) is 14.0. The van der Waals surface area contributed by atoms with Crippen LogP contribution in [0.3, 0.4) is 0 Å². The largest absolute Gasteiger partial charge is 0.504 e. The first-order valence-electron chi connectivity index (χ1n) is 8.04. The zero-order valence-corrected chi connectivity index (χ0v) is 14.0. The molecule has 0 aliphatic carbocycles. The topological polar surface area (TPSA) is 78.9 Å². The van der Waals surface area contributed by atoms with Crippen LogP contribution in [-0.4, -0.2) is 28.6 Å². The second-order valence-corrected chi connectivity index (χ2v) is 5.60. The van der Waals surface area contributed by atoms with Gasteiger partial charge in [-0.25, -0.2) is 9.18 Å². The van der Waals surface area contributed by atoms with Gasteiger partial charge in [0.25, 0.3) is 5.91 Å². The number of amides is 3. The number of benzene rings is 2. The highest BCUT2D eigenvalue weighted by Gasteiger charge is 2.34. The Morgan fingerprint density at radius 1 is 1.19 bits per heavy atom. The third kappa shape index (κ3) is 3.37. The molecule has 7 heteroatoms. The van der Waals surface area contributed by atoms with Gasteiger partial charge in [0, 0.05) is 11.1 Å². The summed E-state index contributed by atoms with van der Waals surface area (Å²) in [5, 5.41) is 12.7. The highest BCUT2D eigenvalue weighted by molar-refractivity contribution is 6.14. The number of halogens is 1. The molecule has 6 nitrogen and oxygen atoms in total. The number of carbonyl (C=O) groups is 2. The van der Waals surface area contributed by atoms with Crippen LogP contribution < -0.4 is 10.1 Å². The van der Waals surface area contributed by atoms with E-state index in [1.165, 1.54) is 24.3 Å². The maximum atomic E-state index is 13.8. The van der Waals surface area contributed by atoms with E-state index in [1.807, 2.05) is 0 Å². The second kappa shape index (κ2) is 7.26. The minimum Gasteiger partial charge on any atom is -0.504 e. The van der Waals surface area contributed by atoms with E-state index in [1.54, 1.807) is 31.2 Å². The molecule has 0 bridgehead atoms. The van der Waals surface area contributed by atoms with Crippen molar-refractivity contribution in [2.45, 2.75) is 13.5 Å². The van der Waals surface area contributed by atoms with E-state index in [4.69, 9.17) is 4.74 Å². The maximum absolute atomic E-state index is 13.8. The fourth-order valence-corrected chi connectivity index (χ4v) is 2.60. The van der Waals surface area contributed by atoms with Gasteiger partial charge in [0.2, 0.25) is 0 Å². The molecule has 0 radical (unpaired) electrons. The maximum Gasteiger partial charge on any atom is 0.329 e. The van der Waals surface area contributed by atoms with Crippen molar-refractivity contribution in [2.24, 2.45) is 0 Å². The Morgan fingerprint density at radius 2 is 1.96 bits per heavy atom. The normalized spacial score (nSPS) is 15.5. The lowest BCUT2D eigenvalue weighted by molar-refractivity contribution is -0.123. The molecule has 3 amide bonds. The molecule has 0 spiro atoms. The minimum atomic E-state index is -0.648. The van der Waals surface area contributed by atoms with Crippen molar-refractivity contribution in [2.75, 3.05) is 6.61 Å². The van der Waals surface area contributed by atoms with Gasteiger partial charge in [-0.05, 0) is 25.1 Å². The Morgan fingerprint density at radius 3 is 2.69 bits per heavy atom. The summed E-state index contributed by atoms with van der Waals surface area (Å²) in [5.41, 5.74) is 0.557. The molecule has 2 N–H and O–H groups in total. The van der Waals surface area contributed by atoms with Crippen molar-refractivity contribution in [3.63, 3.8) is 0 Å². The fraction of sp³-hybridized carbons (Fsp3) is 0.158. The number of aromatic hydroxyl groups is 1. The molecule has 2 aromatic carbocycles. The molecular formula is C19H17FN2O4. The van der Waals surface area contributed by atoms with Crippen LogP contribution in [0.15, 0.2) is 48.2 Å². The van der Waals surface area contributed by atoms with Crippen LogP contribution in [-0.2, 0) is 11.3 Å². The fourth-order valence-electron chi connectivity index (χ4n) is 2.60. The Kier molecular flexibility index (Phi) is 4.88. The average molecular weight is 356 g/mol. The first kappa shape index (κ1) is 17.5. The zero-order chi connectivity index (χ0) is 18.7. The highest BCUT2D eigenvalue weighted by atomic mass is 19.1. The molecule has 1 fully saturated rings. The summed E-state index contributed by atoms with van der Waals surface area (Å²) in [5.74, 6) is -0.939. The number of rotatable bonds is 5. The van der Waals surface area contributed by atoms with Crippen molar-refractivity contribution >= 4 is 18.0 Å². The smallest absolute Gasteiger partial charge is 0.329 e. The summed E-state index contributed by atoms with van der Waals surface area (Å²) >= 11 is 0. The average Bonchev–Trinajstić information content (AvgIpc) is 2.88. The van der Waals surface area contributed by atoms with Gasteiger partial charge < -0.3 is 15.2 Å². The predicted molar refractivity (Wildman–Crippen MR) is 92.7 cm³/mol. The molecule has 0 atom stereocenters. The lowest BCUT2D eigenvalue weighted by Gasteiger charge is -2.12. The molecule has 1 aliphatic heterocycles. The molecule has 1 aliphatic rings. The van der Waals surface area contributed by atoms with Crippen molar-refractivity contribution in [1.82, 2.24) is 10.2 Å². The summed E-state index contributed by atoms with van der Waals surface area (Å²) < 4.78 is 19.1. The van der Waals surface area contributed by atoms with Crippen molar-refractivity contribution < 1.29 is 23.8 Å². The summed E-state index contributed by atoms with van der Waals surface area (Å²) in [6.07, 6.45) is 1.36. The molecule has 134 valence electrons. The van der Waals surface area contributed by atoms with E-state index in [0.29, 0.717) is 12.2 Å². The first-order chi connectivity index (χ1) is 12.5. The number of para-hydroxylation sites is 1. The molecule has 3 rings (SSSR count). The molecule has 0 unspecified atom stereocenters. The third-order valence-corrected chi connectivity index (χ3v) is 3.88. The Balaban J connectivity index is 1.86. The number of carbonyl (C=O) groups excluding carboxylic acids is 2. The van der Waals surface area contributed by atoms with E-state index in [9.17, 15) is 19.1 Å². The third-order valence-electron chi connectivity index (χ3n) is 3.88. The summed E-state index contributed by atoms with van der Waals surface area (Å²) in [7, 11) is 0. The van der Waals surface area contributed by atoms with E-state index in [-0.39, 0.29) is 29.3 Å². The van der Waals surface area contributed by atoms with Crippen LogP contribution in [0.4, 0.5) is 9.18 Å². The number of hydrogen-bond acceptors (Lipinski definition) is 4. The lowest BCUT2D eigenvalue weighted by Crippen LogP contribution is -2.30. The Bertz CT molecular complexity index is 895. The lowest BCUT2D eigenvalue weighted by atomic mass is 10.1.